The lowest BCUT2D eigenvalue weighted by molar-refractivity contribution is 0.0227. The van der Waals surface area contributed by atoms with Gasteiger partial charge >= 0.3 is 6.03 Å². The van der Waals surface area contributed by atoms with Crippen molar-refractivity contribution in [2.75, 3.05) is 38.7 Å². The largest absolute Gasteiger partial charge is 0.320 e. The lowest BCUT2D eigenvalue weighted by atomic mass is 9.68. The van der Waals surface area contributed by atoms with Crippen LogP contribution in [-0.4, -0.2) is 79.4 Å². The second kappa shape index (κ2) is 8.01. The minimum Gasteiger partial charge on any atom is -0.319 e. The van der Waals surface area contributed by atoms with Crippen molar-refractivity contribution in [3.8, 4) is 0 Å². The van der Waals surface area contributed by atoms with E-state index in [4.69, 9.17) is 0 Å². The highest BCUT2D eigenvalue weighted by Gasteiger charge is 2.56. The number of amides is 2. The molecule has 0 radical (unpaired) electrons. The van der Waals surface area contributed by atoms with Crippen LogP contribution in [0.15, 0.2) is 30.3 Å². The molecule has 2 aliphatic heterocycles. The van der Waals surface area contributed by atoms with E-state index in [9.17, 15) is 13.2 Å². The number of urea groups is 1. The summed E-state index contributed by atoms with van der Waals surface area (Å²) in [5.74, 6) is 1.08. The predicted octanol–water partition coefficient (Wildman–Crippen LogP) is 3.48. The summed E-state index contributed by atoms with van der Waals surface area (Å²) in [6, 6.07) is 11.1. The summed E-state index contributed by atoms with van der Waals surface area (Å²) >= 11 is 0. The maximum Gasteiger partial charge on any atom is 0.320 e. The van der Waals surface area contributed by atoms with Crippen LogP contribution in [0.5, 0.6) is 0 Å². The molecule has 6 nitrogen and oxygen atoms in total. The third-order valence-electron chi connectivity index (χ3n) is 8.79. The van der Waals surface area contributed by atoms with Crippen LogP contribution in [-0.2, 0) is 15.4 Å². The zero-order valence-corrected chi connectivity index (χ0v) is 20.3. The fraction of sp³-hybridized carbons (Fsp3) is 0.720. The molecule has 0 atom stereocenters. The molecule has 2 amide bonds. The number of hydrogen-bond acceptors (Lipinski definition) is 4. The Balaban J connectivity index is 1.39. The van der Waals surface area contributed by atoms with E-state index in [1.54, 1.807) is 0 Å². The van der Waals surface area contributed by atoms with E-state index in [-0.39, 0.29) is 34.7 Å². The summed E-state index contributed by atoms with van der Waals surface area (Å²) in [6.45, 7) is 1.64. The van der Waals surface area contributed by atoms with Crippen molar-refractivity contribution in [3.63, 3.8) is 0 Å². The van der Waals surface area contributed by atoms with Gasteiger partial charge in [-0.05, 0) is 76.9 Å². The van der Waals surface area contributed by atoms with Gasteiger partial charge in [0.15, 0.2) is 0 Å². The summed E-state index contributed by atoms with van der Waals surface area (Å²) in [6.07, 6.45) is 7.71. The number of carbonyl (C=O) groups is 1. The number of carbonyl (C=O) groups excluding carboxylic acids is 1. The molecule has 32 heavy (non-hydrogen) atoms. The number of nitrogens with zero attached hydrogens (tertiary/aromatic N) is 3. The van der Waals surface area contributed by atoms with E-state index in [2.05, 4.69) is 59.1 Å². The maximum atomic E-state index is 13.7. The van der Waals surface area contributed by atoms with Gasteiger partial charge in [0.1, 0.15) is 9.84 Å². The van der Waals surface area contributed by atoms with Gasteiger partial charge in [-0.3, -0.25) is 4.90 Å². The number of sulfone groups is 1. The average Bonchev–Trinajstić information content (AvgIpc) is 3.57. The first-order chi connectivity index (χ1) is 15.2. The molecule has 0 N–H and O–H groups in total. The van der Waals surface area contributed by atoms with E-state index in [0.717, 1.165) is 38.8 Å². The van der Waals surface area contributed by atoms with Crippen LogP contribution in [0.3, 0.4) is 0 Å². The number of rotatable bonds is 5. The molecule has 4 aliphatic rings. The van der Waals surface area contributed by atoms with Gasteiger partial charge in [-0.15, -0.1) is 0 Å². The Morgan fingerprint density at radius 3 is 2.16 bits per heavy atom. The third kappa shape index (κ3) is 3.85. The molecule has 7 heteroatoms. The van der Waals surface area contributed by atoms with Crippen molar-refractivity contribution in [3.05, 3.63) is 35.9 Å². The lowest BCUT2D eigenvalue weighted by Gasteiger charge is -2.51. The monoisotopic (exact) mass is 459 g/mol. The standard InChI is InChI=1S/C25H37N3O3S/c1-26(2)25(21-6-4-3-5-7-21)14-12-24(13-15-25)19-27(22-10-16-32(30,31)17-11-22)23(29)28(24)18-20-8-9-20/h3-7,20,22H,8-19H2,1-2H3/t24-,25-. The van der Waals surface area contributed by atoms with Crippen LogP contribution in [0.25, 0.3) is 0 Å². The molecule has 0 aromatic heterocycles. The molecule has 2 saturated heterocycles. The predicted molar refractivity (Wildman–Crippen MR) is 126 cm³/mol. The highest BCUT2D eigenvalue weighted by Crippen LogP contribution is 2.50. The summed E-state index contributed by atoms with van der Waals surface area (Å²) in [4.78, 5) is 20.3. The molecular weight excluding hydrogens is 422 g/mol. The van der Waals surface area contributed by atoms with Crippen molar-refractivity contribution >= 4 is 15.9 Å². The van der Waals surface area contributed by atoms with Crippen LogP contribution < -0.4 is 0 Å². The first kappa shape index (κ1) is 22.2. The van der Waals surface area contributed by atoms with Gasteiger partial charge in [-0.1, -0.05) is 30.3 Å². The van der Waals surface area contributed by atoms with Gasteiger partial charge in [0.25, 0.3) is 0 Å². The second-order valence-electron chi connectivity index (χ2n) is 10.9. The van der Waals surface area contributed by atoms with Gasteiger partial charge in [-0.25, -0.2) is 13.2 Å². The van der Waals surface area contributed by atoms with Crippen molar-refractivity contribution in [1.29, 1.82) is 0 Å². The molecule has 0 unspecified atom stereocenters. The van der Waals surface area contributed by atoms with Crippen molar-refractivity contribution in [1.82, 2.24) is 14.7 Å². The van der Waals surface area contributed by atoms with Crippen LogP contribution in [0.1, 0.15) is 56.9 Å². The van der Waals surface area contributed by atoms with E-state index >= 15 is 0 Å². The van der Waals surface area contributed by atoms with Crippen LogP contribution >= 0.6 is 0 Å². The highest BCUT2D eigenvalue weighted by atomic mass is 32.2. The van der Waals surface area contributed by atoms with E-state index in [1.165, 1.54) is 18.4 Å². The maximum absolute atomic E-state index is 13.7. The number of hydrogen-bond donors (Lipinski definition) is 0. The Morgan fingerprint density at radius 1 is 0.969 bits per heavy atom. The first-order valence-corrected chi connectivity index (χ1v) is 14.1. The van der Waals surface area contributed by atoms with E-state index in [0.29, 0.717) is 18.8 Å². The molecule has 2 saturated carbocycles. The average molecular weight is 460 g/mol. The Labute approximate surface area is 192 Å². The van der Waals surface area contributed by atoms with Gasteiger partial charge in [0.05, 0.1) is 17.0 Å². The number of benzene rings is 1. The molecule has 1 aromatic carbocycles. The fourth-order valence-corrected chi connectivity index (χ4v) is 7.90. The Bertz CT molecular complexity index is 936. The SMILES string of the molecule is CN(C)[C@]1(c2ccccc2)CC[C@@]2(CC1)CN(C1CCS(=O)(=O)CC1)C(=O)N2CC1CC1. The van der Waals surface area contributed by atoms with Crippen molar-refractivity contribution < 1.29 is 13.2 Å². The van der Waals surface area contributed by atoms with Crippen LogP contribution in [0, 0.1) is 5.92 Å². The minimum atomic E-state index is -2.93. The summed E-state index contributed by atoms with van der Waals surface area (Å²) < 4.78 is 23.9. The fourth-order valence-electron chi connectivity index (χ4n) is 6.43. The Morgan fingerprint density at radius 2 is 1.59 bits per heavy atom. The molecule has 2 heterocycles. The van der Waals surface area contributed by atoms with Gasteiger partial charge < -0.3 is 9.80 Å². The molecular formula is C25H37N3O3S. The highest BCUT2D eigenvalue weighted by molar-refractivity contribution is 7.91. The van der Waals surface area contributed by atoms with E-state index < -0.39 is 9.84 Å². The zero-order chi connectivity index (χ0) is 22.6. The normalized spacial score (nSPS) is 30.4. The molecule has 176 valence electrons. The topological polar surface area (TPSA) is 60.9 Å². The lowest BCUT2D eigenvalue weighted by Crippen LogP contribution is -2.55. The second-order valence-corrected chi connectivity index (χ2v) is 13.2. The van der Waals surface area contributed by atoms with Gasteiger partial charge in [0.2, 0.25) is 0 Å². The zero-order valence-electron chi connectivity index (χ0n) is 19.5. The molecule has 1 spiro atoms. The summed E-state index contributed by atoms with van der Waals surface area (Å²) in [5, 5.41) is 0. The Hall–Kier alpha value is -1.60. The third-order valence-corrected chi connectivity index (χ3v) is 10.5. The Kier molecular flexibility index (Phi) is 5.56. The summed E-state index contributed by atoms with van der Waals surface area (Å²) in [7, 11) is 1.43. The van der Waals surface area contributed by atoms with Gasteiger partial charge in [-0.2, -0.15) is 0 Å². The minimum absolute atomic E-state index is 0.00709. The van der Waals surface area contributed by atoms with Crippen LogP contribution in [0.2, 0.25) is 0 Å². The molecule has 0 bridgehead atoms. The molecule has 5 rings (SSSR count). The summed E-state index contributed by atoms with van der Waals surface area (Å²) in [5.41, 5.74) is 1.27. The van der Waals surface area contributed by atoms with Crippen molar-refractivity contribution in [2.24, 2.45) is 5.92 Å². The van der Waals surface area contributed by atoms with Crippen molar-refractivity contribution in [2.45, 2.75) is 68.5 Å². The van der Waals surface area contributed by atoms with Crippen LogP contribution in [0.4, 0.5) is 4.79 Å². The van der Waals surface area contributed by atoms with E-state index in [1.807, 2.05) is 0 Å². The first-order valence-electron chi connectivity index (χ1n) is 12.3. The van der Waals surface area contributed by atoms with Gasteiger partial charge in [0, 0.05) is 24.7 Å². The quantitative estimate of drug-likeness (QED) is 0.676. The molecule has 4 fully saturated rings. The molecule has 2 aliphatic carbocycles. The molecule has 1 aromatic rings. The smallest absolute Gasteiger partial charge is 0.319 e.